The third kappa shape index (κ3) is 5.42. The Labute approximate surface area is 324 Å². The van der Waals surface area contributed by atoms with Crippen molar-refractivity contribution in [2.24, 2.45) is 4.99 Å². The van der Waals surface area contributed by atoms with E-state index in [1.807, 2.05) is 6.07 Å². The molecule has 0 bridgehead atoms. The summed E-state index contributed by atoms with van der Waals surface area (Å²) in [4.78, 5) is 5.24. The molecule has 1 aliphatic heterocycles. The third-order valence-electron chi connectivity index (χ3n) is 11.1. The minimum atomic E-state index is -0.0425. The van der Waals surface area contributed by atoms with E-state index in [2.05, 4.69) is 204 Å². The van der Waals surface area contributed by atoms with Crippen molar-refractivity contribution >= 4 is 55.3 Å². The zero-order valence-corrected chi connectivity index (χ0v) is 30.4. The van der Waals surface area contributed by atoms with Crippen molar-refractivity contribution in [2.45, 2.75) is 6.04 Å². The van der Waals surface area contributed by atoms with Crippen LogP contribution in [0.4, 0.5) is 0 Å². The maximum Gasteiger partial charge on any atom is 0.137 e. The average Bonchev–Trinajstić information content (AvgIpc) is 3.82. The molecule has 3 heterocycles. The van der Waals surface area contributed by atoms with Crippen molar-refractivity contribution in [1.82, 2.24) is 9.88 Å². The number of hydrogen-bond acceptors (Lipinski definition) is 3. The molecule has 10 aromatic rings. The Bertz CT molecular complexity index is 3040. The van der Waals surface area contributed by atoms with E-state index in [-0.39, 0.29) is 6.04 Å². The fourth-order valence-corrected chi connectivity index (χ4v) is 8.36. The van der Waals surface area contributed by atoms with Gasteiger partial charge in [0.25, 0.3) is 0 Å². The molecule has 11 rings (SSSR count). The molecule has 8 aromatic carbocycles. The Balaban J connectivity index is 1.07. The molecule has 4 heteroatoms. The van der Waals surface area contributed by atoms with E-state index in [4.69, 9.17) is 9.41 Å². The lowest BCUT2D eigenvalue weighted by molar-refractivity contribution is 0.668. The monoisotopic (exact) mass is 717 g/mol. The lowest BCUT2D eigenvalue weighted by Gasteiger charge is -2.24. The molecule has 0 saturated heterocycles. The minimum absolute atomic E-state index is 0.0425. The highest BCUT2D eigenvalue weighted by atomic mass is 16.3. The van der Waals surface area contributed by atoms with Crippen LogP contribution in [0.5, 0.6) is 0 Å². The maximum atomic E-state index is 6.71. The van der Waals surface area contributed by atoms with E-state index in [9.17, 15) is 0 Å². The van der Waals surface area contributed by atoms with Gasteiger partial charge in [-0.3, -0.25) is 0 Å². The van der Waals surface area contributed by atoms with E-state index >= 15 is 0 Å². The molecular formula is C52H35N3O. The molecule has 2 aromatic heterocycles. The number of nitrogens with one attached hydrogen (secondary N) is 1. The molecule has 1 N–H and O–H groups in total. The molecular weight excluding hydrogens is 683 g/mol. The summed E-state index contributed by atoms with van der Waals surface area (Å²) in [6, 6.07) is 68.7. The van der Waals surface area contributed by atoms with Gasteiger partial charge in [0.2, 0.25) is 0 Å². The van der Waals surface area contributed by atoms with E-state index in [0.717, 1.165) is 61.3 Å². The summed E-state index contributed by atoms with van der Waals surface area (Å²) in [5.74, 6) is 0.823. The normalized spacial score (nSPS) is 14.2. The topological polar surface area (TPSA) is 42.5 Å². The van der Waals surface area contributed by atoms with Gasteiger partial charge in [-0.05, 0) is 81.9 Å². The molecule has 1 atom stereocenters. The number of hydrogen-bond donors (Lipinski definition) is 1. The summed E-state index contributed by atoms with van der Waals surface area (Å²) in [7, 11) is 0. The fourth-order valence-electron chi connectivity index (χ4n) is 8.36. The summed E-state index contributed by atoms with van der Waals surface area (Å²) in [5, 5.41) is 8.28. The number of aromatic nitrogens is 1. The van der Waals surface area contributed by atoms with Gasteiger partial charge in [0, 0.05) is 38.9 Å². The molecule has 0 radical (unpaired) electrons. The van der Waals surface area contributed by atoms with Gasteiger partial charge in [0.05, 0.1) is 22.8 Å². The van der Waals surface area contributed by atoms with Crippen LogP contribution in [0.25, 0.3) is 77.4 Å². The number of aliphatic imine (C=N–C) groups is 1. The zero-order valence-electron chi connectivity index (χ0n) is 30.4. The van der Waals surface area contributed by atoms with Gasteiger partial charge in [0.15, 0.2) is 0 Å². The van der Waals surface area contributed by atoms with Crippen LogP contribution in [0.3, 0.4) is 0 Å². The first-order chi connectivity index (χ1) is 27.7. The fraction of sp³-hybridized carbons (Fsp3) is 0.0192. The molecule has 4 nitrogen and oxygen atoms in total. The van der Waals surface area contributed by atoms with Crippen molar-refractivity contribution in [3.8, 4) is 27.9 Å². The summed E-state index contributed by atoms with van der Waals surface area (Å²) < 4.78 is 9.08. The van der Waals surface area contributed by atoms with Gasteiger partial charge in [0.1, 0.15) is 17.0 Å². The second-order valence-electron chi connectivity index (χ2n) is 14.4. The number of nitrogens with zero attached hydrogens (tertiary/aromatic N) is 2. The maximum absolute atomic E-state index is 6.71. The number of furan rings is 1. The van der Waals surface area contributed by atoms with Gasteiger partial charge in [-0.2, -0.15) is 0 Å². The molecule has 0 amide bonds. The smallest absolute Gasteiger partial charge is 0.137 e. The van der Waals surface area contributed by atoms with Crippen LogP contribution in [0.15, 0.2) is 210 Å². The highest BCUT2D eigenvalue weighted by Gasteiger charge is 2.23. The van der Waals surface area contributed by atoms with Gasteiger partial charge in [-0.15, -0.1) is 0 Å². The summed E-state index contributed by atoms with van der Waals surface area (Å²) in [6.45, 7) is 0. The van der Waals surface area contributed by atoms with Crippen molar-refractivity contribution < 1.29 is 4.42 Å². The standard InChI is InChI=1S/C52H35N3O/c1-5-14-34(15-6-1)38-24-28-47-43(30-38)44-31-39(35-16-7-2-8-17-35)25-29-48(44)55(47)40-26-27-41-50(32-40)56-49-23-13-22-42(51(41)49)52-53-45(36-18-9-3-10-19-36)33-46(54-52)37-20-11-4-12-21-37/h1-33,45H,(H,53,54). The van der Waals surface area contributed by atoms with Crippen LogP contribution in [0.2, 0.25) is 0 Å². The molecule has 1 aliphatic rings. The predicted molar refractivity (Wildman–Crippen MR) is 232 cm³/mol. The summed E-state index contributed by atoms with van der Waals surface area (Å²) >= 11 is 0. The van der Waals surface area contributed by atoms with Crippen molar-refractivity contribution in [2.75, 3.05) is 0 Å². The SMILES string of the molecule is C1=C(c2ccccc2)N=C(c2cccc3oc4cc(-n5c6ccc(-c7ccccc7)cc6c6cc(-c7ccccc7)ccc65)ccc4c23)NC1c1ccccc1. The Morgan fingerprint density at radius 2 is 1.05 bits per heavy atom. The first-order valence-electron chi connectivity index (χ1n) is 19.1. The van der Waals surface area contributed by atoms with E-state index < -0.39 is 0 Å². The van der Waals surface area contributed by atoms with Crippen LogP contribution in [-0.2, 0) is 0 Å². The van der Waals surface area contributed by atoms with Gasteiger partial charge >= 0.3 is 0 Å². The zero-order chi connectivity index (χ0) is 37.0. The van der Waals surface area contributed by atoms with Gasteiger partial charge in [-0.1, -0.05) is 146 Å². The van der Waals surface area contributed by atoms with Crippen LogP contribution in [0.1, 0.15) is 22.7 Å². The number of amidine groups is 1. The van der Waals surface area contributed by atoms with E-state index in [1.165, 1.54) is 38.6 Å². The van der Waals surface area contributed by atoms with E-state index in [0.29, 0.717) is 0 Å². The summed E-state index contributed by atoms with van der Waals surface area (Å²) in [5.41, 5.74) is 14.0. The first kappa shape index (κ1) is 32.0. The molecule has 0 aliphatic carbocycles. The number of rotatable bonds is 6. The highest BCUT2D eigenvalue weighted by molar-refractivity contribution is 6.19. The molecule has 264 valence electrons. The highest BCUT2D eigenvalue weighted by Crippen LogP contribution is 2.40. The lowest BCUT2D eigenvalue weighted by Crippen LogP contribution is -2.31. The lowest BCUT2D eigenvalue weighted by atomic mass is 9.99. The Morgan fingerprint density at radius 3 is 1.68 bits per heavy atom. The summed E-state index contributed by atoms with van der Waals surface area (Å²) in [6.07, 6.45) is 2.21. The van der Waals surface area contributed by atoms with Crippen LogP contribution < -0.4 is 5.32 Å². The Hall–Kier alpha value is -7.43. The van der Waals surface area contributed by atoms with Gasteiger partial charge in [-0.25, -0.2) is 4.99 Å². The average molecular weight is 718 g/mol. The molecule has 56 heavy (non-hydrogen) atoms. The van der Waals surface area contributed by atoms with E-state index in [1.54, 1.807) is 0 Å². The van der Waals surface area contributed by atoms with Crippen LogP contribution in [-0.4, -0.2) is 10.4 Å². The predicted octanol–water partition coefficient (Wildman–Crippen LogP) is 13.1. The molecule has 1 unspecified atom stereocenters. The Kier molecular flexibility index (Phi) is 7.52. The van der Waals surface area contributed by atoms with Crippen LogP contribution >= 0.6 is 0 Å². The number of fused-ring (bicyclic) bond motifs is 6. The first-order valence-corrected chi connectivity index (χ1v) is 19.1. The van der Waals surface area contributed by atoms with Crippen molar-refractivity contribution in [3.63, 3.8) is 0 Å². The third-order valence-corrected chi connectivity index (χ3v) is 11.1. The minimum Gasteiger partial charge on any atom is -0.456 e. The Morgan fingerprint density at radius 1 is 0.464 bits per heavy atom. The molecule has 0 fully saturated rings. The largest absolute Gasteiger partial charge is 0.456 e. The van der Waals surface area contributed by atoms with Crippen molar-refractivity contribution in [3.05, 3.63) is 217 Å². The van der Waals surface area contributed by atoms with Crippen molar-refractivity contribution in [1.29, 1.82) is 0 Å². The van der Waals surface area contributed by atoms with Gasteiger partial charge < -0.3 is 14.3 Å². The molecule has 0 spiro atoms. The quantitative estimate of drug-likeness (QED) is 0.186. The second-order valence-corrected chi connectivity index (χ2v) is 14.4. The number of benzene rings is 8. The van der Waals surface area contributed by atoms with Crippen LogP contribution in [0, 0.1) is 0 Å². The second kappa shape index (κ2) is 13.2. The molecule has 0 saturated carbocycles.